The summed E-state index contributed by atoms with van der Waals surface area (Å²) in [6.45, 7) is 4.09. The summed E-state index contributed by atoms with van der Waals surface area (Å²) >= 11 is 0. The lowest BCUT2D eigenvalue weighted by Crippen LogP contribution is -2.54. The summed E-state index contributed by atoms with van der Waals surface area (Å²) in [6, 6.07) is 3.41. The fourth-order valence-electron chi connectivity index (χ4n) is 3.56. The molecule has 2 aliphatic heterocycles. The minimum Gasteiger partial charge on any atom is -0.483 e. The minimum atomic E-state index is -1.07. The molecule has 1 atom stereocenters. The lowest BCUT2D eigenvalue weighted by atomic mass is 10.0. The van der Waals surface area contributed by atoms with E-state index in [1.807, 2.05) is 6.92 Å². The predicted octanol–water partition coefficient (Wildman–Crippen LogP) is 0.0260. The second-order valence-corrected chi connectivity index (χ2v) is 7.43. The maximum absolute atomic E-state index is 13.0. The largest absolute Gasteiger partial charge is 0.483 e. The van der Waals surface area contributed by atoms with Crippen LogP contribution in [0.4, 0.5) is 0 Å². The Labute approximate surface area is 190 Å². The topological polar surface area (TPSA) is 140 Å². The number of amides is 5. The number of carbonyl (C=O) groups is 5. The molecule has 11 nitrogen and oxygen atoms in total. The van der Waals surface area contributed by atoms with Crippen LogP contribution in [0.1, 0.15) is 46.9 Å². The van der Waals surface area contributed by atoms with Crippen molar-refractivity contribution in [2.45, 2.75) is 32.2 Å². The van der Waals surface area contributed by atoms with Gasteiger partial charge in [-0.15, -0.1) is 0 Å². The molecule has 0 saturated carbocycles. The molecule has 1 saturated heterocycles. The molecule has 0 aromatic heterocycles. The molecule has 0 bridgehead atoms. The van der Waals surface area contributed by atoms with Crippen LogP contribution in [-0.4, -0.2) is 80.1 Å². The number of piperidine rings is 1. The van der Waals surface area contributed by atoms with Crippen molar-refractivity contribution < 1.29 is 38.2 Å². The molecular weight excluding hydrogens is 434 g/mol. The standard InChI is InChI=1S/C22H27N3O8/c1-2-31-11-12-32-10-4-9-23-18(27)13-33-16-6-3-5-14-19(16)22(30)25(21(14)29)15-7-8-17(26)24-20(15)28/h3,5-6,15H,2,4,7-13H2,1H3,(H,23,27)(H,24,26,28). The maximum atomic E-state index is 13.0. The van der Waals surface area contributed by atoms with Crippen LogP contribution in [-0.2, 0) is 23.9 Å². The predicted molar refractivity (Wildman–Crippen MR) is 114 cm³/mol. The molecule has 0 spiro atoms. The normalized spacial score (nSPS) is 17.7. The van der Waals surface area contributed by atoms with E-state index < -0.39 is 29.7 Å². The van der Waals surface area contributed by atoms with E-state index in [2.05, 4.69) is 10.6 Å². The van der Waals surface area contributed by atoms with Gasteiger partial charge in [0.15, 0.2) is 6.61 Å². The van der Waals surface area contributed by atoms with Crippen molar-refractivity contribution in [1.29, 1.82) is 0 Å². The Morgan fingerprint density at radius 3 is 2.67 bits per heavy atom. The number of hydrogen-bond donors (Lipinski definition) is 2. The summed E-state index contributed by atoms with van der Waals surface area (Å²) in [5, 5.41) is 4.84. The Bertz CT molecular complexity index is 932. The lowest BCUT2D eigenvalue weighted by Gasteiger charge is -2.27. The molecule has 1 aromatic carbocycles. The van der Waals surface area contributed by atoms with Gasteiger partial charge in [-0.2, -0.15) is 0 Å². The average molecular weight is 461 g/mol. The van der Waals surface area contributed by atoms with Gasteiger partial charge >= 0.3 is 0 Å². The Balaban J connectivity index is 1.52. The van der Waals surface area contributed by atoms with Gasteiger partial charge in [0.2, 0.25) is 11.8 Å². The van der Waals surface area contributed by atoms with Crippen molar-refractivity contribution in [1.82, 2.24) is 15.5 Å². The quantitative estimate of drug-likeness (QED) is 0.328. The molecular formula is C22H27N3O8. The van der Waals surface area contributed by atoms with Gasteiger partial charge < -0.3 is 19.5 Å². The molecule has 1 aromatic rings. The minimum absolute atomic E-state index is 0.00250. The number of carbonyl (C=O) groups excluding carboxylic acids is 5. The van der Waals surface area contributed by atoms with Gasteiger partial charge in [0.25, 0.3) is 17.7 Å². The van der Waals surface area contributed by atoms with Crippen molar-refractivity contribution >= 4 is 29.5 Å². The second kappa shape index (κ2) is 11.5. The van der Waals surface area contributed by atoms with Crippen molar-refractivity contribution in [3.05, 3.63) is 29.3 Å². The van der Waals surface area contributed by atoms with E-state index in [9.17, 15) is 24.0 Å². The fraction of sp³-hybridized carbons (Fsp3) is 0.500. The first-order valence-corrected chi connectivity index (χ1v) is 10.8. The monoisotopic (exact) mass is 461 g/mol. The van der Waals surface area contributed by atoms with Gasteiger partial charge in [0.05, 0.1) is 24.3 Å². The highest BCUT2D eigenvalue weighted by Crippen LogP contribution is 2.33. The number of fused-ring (bicyclic) bond motifs is 1. The van der Waals surface area contributed by atoms with Crippen LogP contribution in [0.5, 0.6) is 5.75 Å². The summed E-state index contributed by atoms with van der Waals surface area (Å²) in [4.78, 5) is 62.3. The molecule has 0 radical (unpaired) electrons. The number of nitrogens with one attached hydrogen (secondary N) is 2. The number of ether oxygens (including phenoxy) is 3. The molecule has 5 amide bonds. The highest BCUT2D eigenvalue weighted by molar-refractivity contribution is 6.24. The first-order chi connectivity index (χ1) is 15.9. The Kier molecular flexibility index (Phi) is 8.50. The molecule has 2 aliphatic rings. The van der Waals surface area contributed by atoms with E-state index in [0.717, 1.165) is 4.90 Å². The van der Waals surface area contributed by atoms with Crippen molar-refractivity contribution in [3.8, 4) is 5.75 Å². The lowest BCUT2D eigenvalue weighted by molar-refractivity contribution is -0.136. The number of hydrogen-bond acceptors (Lipinski definition) is 8. The van der Waals surface area contributed by atoms with Crippen molar-refractivity contribution in [3.63, 3.8) is 0 Å². The van der Waals surface area contributed by atoms with E-state index in [0.29, 0.717) is 39.4 Å². The zero-order valence-electron chi connectivity index (χ0n) is 18.4. The summed E-state index contributed by atoms with van der Waals surface area (Å²) in [5.74, 6) is -2.77. The highest BCUT2D eigenvalue weighted by atomic mass is 16.5. The van der Waals surface area contributed by atoms with Crippen LogP contribution in [0.2, 0.25) is 0 Å². The Hall–Kier alpha value is -3.31. The number of rotatable bonds is 12. The van der Waals surface area contributed by atoms with Crippen molar-refractivity contribution in [2.24, 2.45) is 0 Å². The summed E-state index contributed by atoms with van der Waals surface area (Å²) in [7, 11) is 0. The van der Waals surface area contributed by atoms with Gasteiger partial charge in [-0.1, -0.05) is 6.07 Å². The molecule has 2 N–H and O–H groups in total. The molecule has 1 unspecified atom stereocenters. The van der Waals surface area contributed by atoms with Crippen LogP contribution in [0.3, 0.4) is 0 Å². The van der Waals surface area contributed by atoms with Gasteiger partial charge in [0.1, 0.15) is 11.8 Å². The number of benzene rings is 1. The molecule has 11 heteroatoms. The molecule has 33 heavy (non-hydrogen) atoms. The zero-order valence-corrected chi connectivity index (χ0v) is 18.4. The van der Waals surface area contributed by atoms with Crippen LogP contribution in [0.15, 0.2) is 18.2 Å². The molecule has 1 fully saturated rings. The number of imide groups is 2. The van der Waals surface area contributed by atoms with E-state index in [1.54, 1.807) is 0 Å². The average Bonchev–Trinajstić information content (AvgIpc) is 3.05. The number of nitrogens with zero attached hydrogens (tertiary/aromatic N) is 1. The zero-order chi connectivity index (χ0) is 23.8. The first-order valence-electron chi connectivity index (χ1n) is 10.8. The maximum Gasteiger partial charge on any atom is 0.266 e. The SMILES string of the molecule is CCOCCOCCCNC(=O)COc1cccc2c1C(=O)N(C1CCC(=O)NC1=O)C2=O. The highest BCUT2D eigenvalue weighted by Gasteiger charge is 2.46. The summed E-state index contributed by atoms with van der Waals surface area (Å²) in [6.07, 6.45) is 0.710. The van der Waals surface area contributed by atoms with Crippen LogP contribution in [0, 0.1) is 0 Å². The third-order valence-corrected chi connectivity index (χ3v) is 5.15. The Morgan fingerprint density at radius 2 is 1.91 bits per heavy atom. The Morgan fingerprint density at radius 1 is 1.12 bits per heavy atom. The molecule has 3 rings (SSSR count). The smallest absolute Gasteiger partial charge is 0.266 e. The third-order valence-electron chi connectivity index (χ3n) is 5.15. The second-order valence-electron chi connectivity index (χ2n) is 7.43. The van der Waals surface area contributed by atoms with Crippen LogP contribution >= 0.6 is 0 Å². The summed E-state index contributed by atoms with van der Waals surface area (Å²) < 4.78 is 16.0. The van der Waals surface area contributed by atoms with Gasteiger partial charge in [-0.25, -0.2) is 0 Å². The first kappa shape index (κ1) is 24.3. The van der Waals surface area contributed by atoms with E-state index >= 15 is 0 Å². The van der Waals surface area contributed by atoms with Gasteiger partial charge in [-0.3, -0.25) is 34.2 Å². The third kappa shape index (κ3) is 5.93. The van der Waals surface area contributed by atoms with E-state index in [1.165, 1.54) is 18.2 Å². The van der Waals surface area contributed by atoms with Gasteiger partial charge in [0, 0.05) is 26.2 Å². The summed E-state index contributed by atoms with van der Waals surface area (Å²) in [5.41, 5.74) is 0.0921. The molecule has 178 valence electrons. The molecule has 0 aliphatic carbocycles. The van der Waals surface area contributed by atoms with E-state index in [4.69, 9.17) is 14.2 Å². The van der Waals surface area contributed by atoms with Crippen LogP contribution < -0.4 is 15.4 Å². The van der Waals surface area contributed by atoms with Gasteiger partial charge in [-0.05, 0) is 31.9 Å². The fourth-order valence-corrected chi connectivity index (χ4v) is 3.56. The van der Waals surface area contributed by atoms with Crippen molar-refractivity contribution in [2.75, 3.05) is 39.6 Å². The molecule has 2 heterocycles. The van der Waals surface area contributed by atoms with Crippen LogP contribution in [0.25, 0.3) is 0 Å². The van der Waals surface area contributed by atoms with E-state index in [-0.39, 0.29) is 42.2 Å².